The van der Waals surface area contributed by atoms with Crippen molar-refractivity contribution in [1.29, 1.82) is 5.26 Å². The van der Waals surface area contributed by atoms with Gasteiger partial charge in [0.05, 0.1) is 10.5 Å². The highest BCUT2D eigenvalue weighted by atomic mass is 32.2. The van der Waals surface area contributed by atoms with E-state index in [1.54, 1.807) is 12.1 Å². The minimum absolute atomic E-state index is 0.0531. The van der Waals surface area contributed by atoms with Gasteiger partial charge in [0.15, 0.2) is 6.61 Å². The zero-order valence-electron chi connectivity index (χ0n) is 17.4. The maximum absolute atomic E-state index is 12.9. The fraction of sp³-hybridized carbons (Fsp3) is 0.381. The lowest BCUT2D eigenvalue weighted by Crippen LogP contribution is -2.43. The van der Waals surface area contributed by atoms with Gasteiger partial charge < -0.3 is 10.1 Å². The van der Waals surface area contributed by atoms with Gasteiger partial charge in [-0.2, -0.15) is 22.7 Å². The maximum Gasteiger partial charge on any atom is 0.422 e. The minimum atomic E-state index is -4.51. The highest BCUT2D eigenvalue weighted by molar-refractivity contribution is 7.89. The molecule has 1 amide bonds. The molecule has 0 radical (unpaired) electrons. The third kappa shape index (κ3) is 6.21. The molecule has 0 saturated carbocycles. The summed E-state index contributed by atoms with van der Waals surface area (Å²) in [5.41, 5.74) is 0.348. The topological polar surface area (TPSA) is 112 Å². The number of ether oxygens (including phenoxy) is 1. The van der Waals surface area contributed by atoms with Gasteiger partial charge in [-0.25, -0.2) is 13.4 Å². The van der Waals surface area contributed by atoms with Crippen LogP contribution in [0.1, 0.15) is 24.0 Å². The average molecular weight is 482 g/mol. The van der Waals surface area contributed by atoms with Gasteiger partial charge >= 0.3 is 6.18 Å². The standard InChI is InChI=1S/C21H21F3N4O4S/c22-21(23,24)14-32-20-17(5-3-9-26-20)13-27-19(29)15-7-10-28(11-8-15)33(30,31)18-6-2-1-4-16(18)12-25/h1-6,9,15H,7-8,10-11,13-14H2,(H,27,29). The SMILES string of the molecule is N#Cc1ccccc1S(=O)(=O)N1CCC(C(=O)NCc2cccnc2OCC(F)(F)F)CC1. The molecule has 0 atom stereocenters. The molecule has 1 aromatic carbocycles. The van der Waals surface area contributed by atoms with E-state index in [1.165, 1.54) is 34.8 Å². The summed E-state index contributed by atoms with van der Waals surface area (Å²) in [5.74, 6) is -1.01. The predicted molar refractivity (Wildman–Crippen MR) is 110 cm³/mol. The molecule has 1 N–H and O–H groups in total. The Morgan fingerprint density at radius 2 is 1.91 bits per heavy atom. The number of nitrogens with one attached hydrogen (secondary N) is 1. The normalized spacial score (nSPS) is 15.6. The van der Waals surface area contributed by atoms with E-state index >= 15 is 0 Å². The number of amides is 1. The van der Waals surface area contributed by atoms with Crippen molar-refractivity contribution < 1.29 is 31.1 Å². The number of aromatic nitrogens is 1. The van der Waals surface area contributed by atoms with Gasteiger partial charge in [-0.3, -0.25) is 4.79 Å². The monoisotopic (exact) mass is 482 g/mol. The van der Waals surface area contributed by atoms with E-state index in [-0.39, 0.29) is 54.7 Å². The number of halogens is 3. The fourth-order valence-electron chi connectivity index (χ4n) is 3.45. The Morgan fingerprint density at radius 1 is 1.21 bits per heavy atom. The number of hydrogen-bond acceptors (Lipinski definition) is 6. The lowest BCUT2D eigenvalue weighted by Gasteiger charge is -2.30. The molecule has 0 unspecified atom stereocenters. The number of benzene rings is 1. The van der Waals surface area contributed by atoms with Crippen molar-refractivity contribution in [3.63, 3.8) is 0 Å². The molecule has 1 aliphatic rings. The van der Waals surface area contributed by atoms with Gasteiger partial charge in [0, 0.05) is 37.3 Å². The molecule has 33 heavy (non-hydrogen) atoms. The van der Waals surface area contributed by atoms with Crippen molar-refractivity contribution >= 4 is 15.9 Å². The molecule has 176 valence electrons. The van der Waals surface area contributed by atoms with Crippen LogP contribution in [0.3, 0.4) is 0 Å². The molecule has 0 bridgehead atoms. The van der Waals surface area contributed by atoms with E-state index in [9.17, 15) is 31.6 Å². The second-order valence-corrected chi connectivity index (χ2v) is 9.28. The minimum Gasteiger partial charge on any atom is -0.468 e. The summed E-state index contributed by atoms with van der Waals surface area (Å²) in [6, 6.07) is 10.8. The number of nitriles is 1. The number of nitrogens with zero attached hydrogens (tertiary/aromatic N) is 3. The Bertz CT molecular complexity index is 1140. The molecule has 3 rings (SSSR count). The van der Waals surface area contributed by atoms with Crippen molar-refractivity contribution in [3.8, 4) is 11.9 Å². The van der Waals surface area contributed by atoms with Crippen LogP contribution in [0, 0.1) is 17.2 Å². The van der Waals surface area contributed by atoms with Crippen molar-refractivity contribution in [1.82, 2.24) is 14.6 Å². The van der Waals surface area contributed by atoms with E-state index < -0.39 is 28.7 Å². The first-order valence-corrected chi connectivity index (χ1v) is 11.5. The van der Waals surface area contributed by atoms with E-state index in [2.05, 4.69) is 10.3 Å². The first kappa shape index (κ1) is 24.5. The van der Waals surface area contributed by atoms with Crippen LogP contribution in [0.2, 0.25) is 0 Å². The number of rotatable bonds is 7. The molecule has 1 aliphatic heterocycles. The summed E-state index contributed by atoms with van der Waals surface area (Å²) in [7, 11) is -3.87. The zero-order chi connectivity index (χ0) is 24.1. The van der Waals surface area contributed by atoms with Crippen LogP contribution < -0.4 is 10.1 Å². The highest BCUT2D eigenvalue weighted by Crippen LogP contribution is 2.26. The van der Waals surface area contributed by atoms with Gasteiger partial charge in [0.1, 0.15) is 6.07 Å². The Hall–Kier alpha value is -3.17. The number of carbonyl (C=O) groups is 1. The number of pyridine rings is 1. The van der Waals surface area contributed by atoms with Crippen molar-refractivity contribution in [2.45, 2.75) is 30.5 Å². The zero-order valence-corrected chi connectivity index (χ0v) is 18.2. The van der Waals surface area contributed by atoms with Crippen molar-refractivity contribution in [3.05, 3.63) is 53.7 Å². The van der Waals surface area contributed by atoms with Crippen LogP contribution in [0.5, 0.6) is 5.88 Å². The molecule has 12 heteroatoms. The van der Waals surface area contributed by atoms with Gasteiger partial charge in [0.2, 0.25) is 21.8 Å². The number of sulfonamides is 1. The molecule has 1 saturated heterocycles. The Labute approximate surface area is 189 Å². The largest absolute Gasteiger partial charge is 0.468 e. The van der Waals surface area contributed by atoms with Crippen LogP contribution in [0.25, 0.3) is 0 Å². The Kier molecular flexibility index (Phi) is 7.55. The van der Waals surface area contributed by atoms with Crippen molar-refractivity contribution in [2.75, 3.05) is 19.7 Å². The molecule has 0 spiro atoms. The molecular weight excluding hydrogens is 461 g/mol. The molecule has 0 aliphatic carbocycles. The lowest BCUT2D eigenvalue weighted by molar-refractivity contribution is -0.154. The summed E-state index contributed by atoms with van der Waals surface area (Å²) in [6.07, 6.45) is -2.69. The second-order valence-electron chi connectivity index (χ2n) is 7.38. The van der Waals surface area contributed by atoms with Gasteiger partial charge in [0.25, 0.3) is 0 Å². The summed E-state index contributed by atoms with van der Waals surface area (Å²) in [5, 5.41) is 11.8. The Balaban J connectivity index is 1.57. The predicted octanol–water partition coefficient (Wildman–Crippen LogP) is 2.61. The smallest absolute Gasteiger partial charge is 0.422 e. The van der Waals surface area contributed by atoms with Crippen LogP contribution in [-0.4, -0.2) is 49.5 Å². The Morgan fingerprint density at radius 3 is 2.58 bits per heavy atom. The molecule has 8 nitrogen and oxygen atoms in total. The average Bonchev–Trinajstić information content (AvgIpc) is 2.81. The molecule has 1 fully saturated rings. The number of alkyl halides is 3. The second kappa shape index (κ2) is 10.2. The first-order chi connectivity index (χ1) is 15.6. The molecule has 2 aromatic rings. The van der Waals surface area contributed by atoms with Crippen LogP contribution >= 0.6 is 0 Å². The van der Waals surface area contributed by atoms with Gasteiger partial charge in [-0.05, 0) is 31.0 Å². The van der Waals surface area contributed by atoms with E-state index in [4.69, 9.17) is 4.74 Å². The van der Waals surface area contributed by atoms with Gasteiger partial charge in [-0.1, -0.05) is 18.2 Å². The van der Waals surface area contributed by atoms with E-state index in [0.717, 1.165) is 0 Å². The van der Waals surface area contributed by atoms with E-state index in [1.807, 2.05) is 6.07 Å². The fourth-order valence-corrected chi connectivity index (χ4v) is 5.06. The van der Waals surface area contributed by atoms with Gasteiger partial charge in [-0.15, -0.1) is 0 Å². The lowest BCUT2D eigenvalue weighted by atomic mass is 9.97. The van der Waals surface area contributed by atoms with Crippen LogP contribution in [0.15, 0.2) is 47.5 Å². The number of piperidine rings is 1. The third-order valence-electron chi connectivity index (χ3n) is 5.13. The first-order valence-electron chi connectivity index (χ1n) is 10.0. The quantitative estimate of drug-likeness (QED) is 0.649. The van der Waals surface area contributed by atoms with Crippen LogP contribution in [-0.2, 0) is 21.4 Å². The summed E-state index contributed by atoms with van der Waals surface area (Å²) < 4.78 is 69.0. The summed E-state index contributed by atoms with van der Waals surface area (Å²) >= 11 is 0. The number of carbonyl (C=O) groups excluding carboxylic acids is 1. The third-order valence-corrected chi connectivity index (χ3v) is 7.08. The maximum atomic E-state index is 12.9. The molecular formula is C21H21F3N4O4S. The summed E-state index contributed by atoms with van der Waals surface area (Å²) in [6.45, 7) is -1.36. The van der Waals surface area contributed by atoms with Crippen molar-refractivity contribution in [2.24, 2.45) is 5.92 Å². The number of hydrogen-bond donors (Lipinski definition) is 1. The van der Waals surface area contributed by atoms with E-state index in [0.29, 0.717) is 5.56 Å². The molecule has 2 heterocycles. The van der Waals surface area contributed by atoms with Crippen LogP contribution in [0.4, 0.5) is 13.2 Å². The highest BCUT2D eigenvalue weighted by Gasteiger charge is 2.33. The molecule has 1 aromatic heterocycles. The summed E-state index contributed by atoms with van der Waals surface area (Å²) in [4.78, 5) is 16.3.